The van der Waals surface area contributed by atoms with E-state index in [0.717, 1.165) is 51.3 Å². The molecule has 1 aromatic carbocycles. The van der Waals surface area contributed by atoms with E-state index < -0.39 is 0 Å². The molecule has 1 fully saturated rings. The van der Waals surface area contributed by atoms with E-state index in [1.165, 1.54) is 11.3 Å². The summed E-state index contributed by atoms with van der Waals surface area (Å²) in [5, 5.41) is 0. The number of likely N-dealkylation sites (tertiary alicyclic amines) is 1. The van der Waals surface area contributed by atoms with Gasteiger partial charge in [-0.1, -0.05) is 30.3 Å². The average Bonchev–Trinajstić information content (AvgIpc) is 3.13. The third-order valence-electron chi connectivity index (χ3n) is 6.33. The second-order valence-corrected chi connectivity index (χ2v) is 8.19. The van der Waals surface area contributed by atoms with Gasteiger partial charge in [-0.15, -0.1) is 0 Å². The molecule has 2 bridgehead atoms. The van der Waals surface area contributed by atoms with Gasteiger partial charge in [0.05, 0.1) is 0 Å². The first-order chi connectivity index (χ1) is 13.7. The van der Waals surface area contributed by atoms with Gasteiger partial charge in [0.1, 0.15) is 0 Å². The van der Waals surface area contributed by atoms with Crippen LogP contribution in [0.2, 0.25) is 0 Å². The van der Waals surface area contributed by atoms with Gasteiger partial charge in [-0.3, -0.25) is 14.5 Å². The topological polar surface area (TPSA) is 45.6 Å². The Morgan fingerprint density at radius 1 is 1.07 bits per heavy atom. The maximum atomic E-state index is 12.6. The Morgan fingerprint density at radius 3 is 2.89 bits per heavy atom. The number of hydrogen-bond donors (Lipinski definition) is 0. The summed E-state index contributed by atoms with van der Waals surface area (Å²) in [6.45, 7) is 4.30. The van der Waals surface area contributed by atoms with Crippen molar-refractivity contribution in [1.29, 1.82) is 0 Å². The lowest BCUT2D eigenvalue weighted by molar-refractivity contribution is -0.114. The van der Waals surface area contributed by atoms with E-state index in [0.29, 0.717) is 11.8 Å². The number of para-hydroxylation sites is 1. The van der Waals surface area contributed by atoms with Crippen LogP contribution in [0.15, 0.2) is 59.4 Å². The van der Waals surface area contributed by atoms with Gasteiger partial charge in [-0.05, 0) is 36.5 Å². The summed E-state index contributed by atoms with van der Waals surface area (Å²) in [4.78, 5) is 29.1. The predicted octanol–water partition coefficient (Wildman–Crippen LogP) is 2.41. The summed E-state index contributed by atoms with van der Waals surface area (Å²) in [7, 11) is 0. The molecule has 5 nitrogen and oxygen atoms in total. The van der Waals surface area contributed by atoms with Crippen molar-refractivity contribution in [3.63, 3.8) is 0 Å². The lowest BCUT2D eigenvalue weighted by Gasteiger charge is -2.42. The number of piperidine rings is 1. The molecule has 1 aromatic heterocycles. The van der Waals surface area contributed by atoms with Crippen LogP contribution in [0.4, 0.5) is 5.69 Å². The standard InChI is InChI=1S/C23H25N3O2/c27-22(25-12-10-18-5-1-2-6-20(18)25)9-4-11-24-14-17-13-19(16-24)21-7-3-8-23(28)26(21)15-17/h1-9,17,19H,10-16H2. The fourth-order valence-electron chi connectivity index (χ4n) is 5.10. The maximum absolute atomic E-state index is 12.6. The van der Waals surface area contributed by atoms with Crippen molar-refractivity contribution in [1.82, 2.24) is 9.47 Å². The highest BCUT2D eigenvalue weighted by atomic mass is 16.2. The van der Waals surface area contributed by atoms with E-state index in [2.05, 4.69) is 17.0 Å². The van der Waals surface area contributed by atoms with Crippen LogP contribution >= 0.6 is 0 Å². The number of nitrogens with zero attached hydrogens (tertiary/aromatic N) is 3. The van der Waals surface area contributed by atoms with Crippen LogP contribution < -0.4 is 10.5 Å². The molecule has 3 aliphatic heterocycles. The quantitative estimate of drug-likeness (QED) is 0.774. The van der Waals surface area contributed by atoms with E-state index in [-0.39, 0.29) is 11.5 Å². The summed E-state index contributed by atoms with van der Waals surface area (Å²) in [5.74, 6) is 0.996. The highest BCUT2D eigenvalue weighted by Crippen LogP contribution is 2.34. The molecule has 1 amide bonds. The van der Waals surface area contributed by atoms with Crippen molar-refractivity contribution in [3.05, 3.63) is 76.2 Å². The highest BCUT2D eigenvalue weighted by Gasteiger charge is 2.34. The molecule has 0 spiro atoms. The van der Waals surface area contributed by atoms with Gasteiger partial charge in [0.2, 0.25) is 0 Å². The zero-order chi connectivity index (χ0) is 19.1. The van der Waals surface area contributed by atoms with Crippen LogP contribution in [0.1, 0.15) is 23.6 Å². The zero-order valence-electron chi connectivity index (χ0n) is 16.0. The third kappa shape index (κ3) is 3.10. The molecule has 2 unspecified atom stereocenters. The highest BCUT2D eigenvalue weighted by molar-refractivity contribution is 6.02. The number of anilines is 1. The number of pyridine rings is 1. The number of rotatable bonds is 3. The number of carbonyl (C=O) groups is 1. The lowest BCUT2D eigenvalue weighted by atomic mass is 9.83. The second-order valence-electron chi connectivity index (χ2n) is 8.19. The Hall–Kier alpha value is -2.66. The Kier molecular flexibility index (Phi) is 4.40. The van der Waals surface area contributed by atoms with Crippen molar-refractivity contribution in [3.8, 4) is 0 Å². The van der Waals surface area contributed by atoms with Crippen molar-refractivity contribution in [2.24, 2.45) is 5.92 Å². The smallest absolute Gasteiger partial charge is 0.250 e. The van der Waals surface area contributed by atoms with Gasteiger partial charge in [0.15, 0.2) is 0 Å². The van der Waals surface area contributed by atoms with Crippen LogP contribution in [0.5, 0.6) is 0 Å². The van der Waals surface area contributed by atoms with Crippen molar-refractivity contribution < 1.29 is 4.79 Å². The molecule has 5 heteroatoms. The SMILES string of the molecule is O=C(C=CCN1CC2CC(C1)c1cccc(=O)n1C2)N1CCc2ccccc21. The fourth-order valence-corrected chi connectivity index (χ4v) is 5.10. The van der Waals surface area contributed by atoms with E-state index in [1.54, 1.807) is 12.1 Å². The number of fused-ring (bicyclic) bond motifs is 5. The minimum Gasteiger partial charge on any atom is -0.312 e. The van der Waals surface area contributed by atoms with Crippen molar-refractivity contribution in [2.45, 2.75) is 25.3 Å². The lowest BCUT2D eigenvalue weighted by Crippen LogP contribution is -2.47. The molecule has 0 N–H and O–H groups in total. The molecular formula is C23H25N3O2. The Balaban J connectivity index is 1.24. The van der Waals surface area contributed by atoms with Crippen molar-refractivity contribution in [2.75, 3.05) is 31.1 Å². The molecule has 3 aliphatic rings. The first-order valence-corrected chi connectivity index (χ1v) is 10.2. The molecular weight excluding hydrogens is 350 g/mol. The van der Waals surface area contributed by atoms with Crippen LogP contribution in [-0.4, -0.2) is 41.6 Å². The molecule has 2 aromatic rings. The molecule has 28 heavy (non-hydrogen) atoms. The normalized spacial score (nSPS) is 23.6. The number of aromatic nitrogens is 1. The monoisotopic (exact) mass is 375 g/mol. The molecule has 0 radical (unpaired) electrons. The minimum absolute atomic E-state index is 0.0686. The summed E-state index contributed by atoms with van der Waals surface area (Å²) in [5.41, 5.74) is 3.59. The van der Waals surface area contributed by atoms with Crippen molar-refractivity contribution >= 4 is 11.6 Å². The first-order valence-electron chi connectivity index (χ1n) is 10.2. The van der Waals surface area contributed by atoms with Gasteiger partial charge in [0, 0.05) is 62.2 Å². The van der Waals surface area contributed by atoms with Gasteiger partial charge in [-0.25, -0.2) is 0 Å². The summed E-state index contributed by atoms with van der Waals surface area (Å²) in [6, 6.07) is 13.8. The zero-order valence-corrected chi connectivity index (χ0v) is 16.0. The summed E-state index contributed by atoms with van der Waals surface area (Å²) in [6.07, 6.45) is 5.82. The van der Waals surface area contributed by atoms with Crippen LogP contribution in [0.3, 0.4) is 0 Å². The third-order valence-corrected chi connectivity index (χ3v) is 6.33. The molecule has 2 atom stereocenters. The van der Waals surface area contributed by atoms with Gasteiger partial charge in [-0.2, -0.15) is 0 Å². The maximum Gasteiger partial charge on any atom is 0.250 e. The number of carbonyl (C=O) groups excluding carboxylic acids is 1. The van der Waals surface area contributed by atoms with Gasteiger partial charge in [0.25, 0.3) is 11.5 Å². The molecule has 0 aliphatic carbocycles. The molecule has 0 saturated carbocycles. The molecule has 5 rings (SSSR count). The average molecular weight is 375 g/mol. The largest absolute Gasteiger partial charge is 0.312 e. The van der Waals surface area contributed by atoms with Gasteiger partial charge >= 0.3 is 0 Å². The van der Waals surface area contributed by atoms with E-state index in [9.17, 15) is 9.59 Å². The number of amides is 1. The fraction of sp³-hybridized carbons (Fsp3) is 0.391. The van der Waals surface area contributed by atoms with Crippen LogP contribution in [0.25, 0.3) is 0 Å². The summed E-state index contributed by atoms with van der Waals surface area (Å²) >= 11 is 0. The number of benzene rings is 1. The van der Waals surface area contributed by atoms with Crippen LogP contribution in [-0.2, 0) is 17.8 Å². The van der Waals surface area contributed by atoms with E-state index >= 15 is 0 Å². The number of hydrogen-bond acceptors (Lipinski definition) is 3. The molecule has 1 saturated heterocycles. The predicted molar refractivity (Wildman–Crippen MR) is 110 cm³/mol. The van der Waals surface area contributed by atoms with E-state index in [1.807, 2.05) is 39.8 Å². The van der Waals surface area contributed by atoms with Crippen LogP contribution in [0, 0.1) is 5.92 Å². The Bertz CT molecular complexity index is 993. The minimum atomic E-state index is 0.0686. The Labute approximate surface area is 164 Å². The van der Waals surface area contributed by atoms with E-state index in [4.69, 9.17) is 0 Å². The Morgan fingerprint density at radius 2 is 1.96 bits per heavy atom. The first kappa shape index (κ1) is 17.4. The molecule has 144 valence electrons. The molecule has 4 heterocycles. The second kappa shape index (κ2) is 7.06. The summed E-state index contributed by atoms with van der Waals surface area (Å²) < 4.78 is 1.96. The van der Waals surface area contributed by atoms with Gasteiger partial charge < -0.3 is 9.47 Å².